The zero-order valence-corrected chi connectivity index (χ0v) is 17.8. The fraction of sp³-hybridized carbons (Fsp3) is 0.500. The van der Waals surface area contributed by atoms with Crippen LogP contribution in [-0.2, 0) is 14.4 Å². The quantitative estimate of drug-likeness (QED) is 0.532. The molecule has 3 amide bonds. The molecule has 0 N–H and O–H groups in total. The van der Waals surface area contributed by atoms with Gasteiger partial charge in [-0.05, 0) is 67.2 Å². The number of allylic oxidation sites excluding steroid dienone is 2. The number of nitrogens with zero attached hydrogens (tertiary/aromatic N) is 2. The molecule has 1 heterocycles. The predicted molar refractivity (Wildman–Crippen MR) is 108 cm³/mol. The topological polar surface area (TPSA) is 57.7 Å². The number of halogens is 1. The Labute approximate surface area is 172 Å². The van der Waals surface area contributed by atoms with Crippen LogP contribution >= 0.6 is 15.9 Å². The first-order valence-electron chi connectivity index (χ1n) is 9.88. The van der Waals surface area contributed by atoms with Gasteiger partial charge in [0.15, 0.2) is 0 Å². The van der Waals surface area contributed by atoms with Gasteiger partial charge in [-0.3, -0.25) is 24.2 Å². The molecule has 0 spiro atoms. The number of imide groups is 1. The van der Waals surface area contributed by atoms with Gasteiger partial charge in [0.05, 0.1) is 11.8 Å². The molecule has 1 aromatic rings. The summed E-state index contributed by atoms with van der Waals surface area (Å²) in [6, 6.07) is 3.77. The number of carbonyl (C=O) groups excluding carboxylic acids is 3. The Kier molecular flexibility index (Phi) is 3.89. The first kappa shape index (κ1) is 18.1. The van der Waals surface area contributed by atoms with Crippen LogP contribution in [-0.4, -0.2) is 29.3 Å². The van der Waals surface area contributed by atoms with Crippen molar-refractivity contribution in [2.24, 2.45) is 35.5 Å². The van der Waals surface area contributed by atoms with Crippen LogP contribution in [0.4, 0.5) is 5.69 Å². The molecule has 6 heteroatoms. The van der Waals surface area contributed by atoms with Crippen molar-refractivity contribution in [3.8, 4) is 0 Å². The fourth-order valence-electron chi connectivity index (χ4n) is 5.71. The summed E-state index contributed by atoms with van der Waals surface area (Å²) in [5.74, 6) is 0.717. The van der Waals surface area contributed by atoms with Crippen molar-refractivity contribution >= 4 is 39.3 Å². The second-order valence-corrected chi connectivity index (χ2v) is 9.52. The first-order valence-corrected chi connectivity index (χ1v) is 10.7. The highest BCUT2D eigenvalue weighted by atomic mass is 79.9. The number of amides is 3. The second kappa shape index (κ2) is 6.02. The molecule has 4 aliphatic carbocycles. The van der Waals surface area contributed by atoms with Gasteiger partial charge in [0.25, 0.3) is 0 Å². The van der Waals surface area contributed by atoms with Crippen LogP contribution in [0.2, 0.25) is 0 Å². The van der Waals surface area contributed by atoms with E-state index in [1.165, 1.54) is 11.8 Å². The molecule has 1 aromatic carbocycles. The van der Waals surface area contributed by atoms with Gasteiger partial charge in [-0.25, -0.2) is 0 Å². The Balaban J connectivity index is 1.47. The molecule has 6 atom stereocenters. The van der Waals surface area contributed by atoms with Gasteiger partial charge in [0.2, 0.25) is 17.7 Å². The van der Waals surface area contributed by atoms with E-state index < -0.39 is 0 Å². The number of anilines is 1. The molecular formula is C22H23BrN2O3. The Morgan fingerprint density at radius 2 is 1.64 bits per heavy atom. The third kappa shape index (κ3) is 2.33. The van der Waals surface area contributed by atoms with E-state index in [4.69, 9.17) is 0 Å². The summed E-state index contributed by atoms with van der Waals surface area (Å²) in [5.41, 5.74) is 2.75. The Bertz CT molecular complexity index is 919. The third-order valence-corrected chi connectivity index (χ3v) is 8.26. The molecule has 5 aliphatic rings. The molecule has 1 aliphatic heterocycles. The Morgan fingerprint density at radius 3 is 2.18 bits per heavy atom. The van der Waals surface area contributed by atoms with E-state index in [1.807, 2.05) is 26.0 Å². The van der Waals surface area contributed by atoms with Crippen LogP contribution in [0.15, 0.2) is 28.8 Å². The van der Waals surface area contributed by atoms with Crippen LogP contribution in [0, 0.1) is 49.4 Å². The van der Waals surface area contributed by atoms with Crippen molar-refractivity contribution in [2.75, 3.05) is 11.6 Å². The van der Waals surface area contributed by atoms with E-state index in [9.17, 15) is 14.4 Å². The monoisotopic (exact) mass is 442 g/mol. The number of hydrogen-bond donors (Lipinski definition) is 0. The predicted octanol–water partition coefficient (Wildman–Crippen LogP) is 3.43. The minimum Gasteiger partial charge on any atom is -0.294 e. The van der Waals surface area contributed by atoms with Gasteiger partial charge in [-0.1, -0.05) is 28.1 Å². The van der Waals surface area contributed by atoms with E-state index in [-0.39, 0.29) is 48.1 Å². The zero-order chi connectivity index (χ0) is 19.9. The van der Waals surface area contributed by atoms with Crippen LogP contribution < -0.4 is 4.90 Å². The molecule has 146 valence electrons. The van der Waals surface area contributed by atoms with Crippen molar-refractivity contribution < 1.29 is 14.4 Å². The van der Waals surface area contributed by atoms with Crippen molar-refractivity contribution in [1.82, 2.24) is 4.90 Å². The van der Waals surface area contributed by atoms with Crippen LogP contribution in [0.5, 0.6) is 0 Å². The average Bonchev–Trinajstić information content (AvgIpc) is 3.45. The van der Waals surface area contributed by atoms with Gasteiger partial charge in [-0.2, -0.15) is 0 Å². The van der Waals surface area contributed by atoms with E-state index >= 15 is 0 Å². The summed E-state index contributed by atoms with van der Waals surface area (Å²) in [6.07, 6.45) is 5.48. The first-order chi connectivity index (χ1) is 13.3. The molecule has 6 unspecified atom stereocenters. The zero-order valence-electron chi connectivity index (χ0n) is 16.2. The molecule has 28 heavy (non-hydrogen) atoms. The summed E-state index contributed by atoms with van der Waals surface area (Å²) in [4.78, 5) is 41.8. The fourth-order valence-corrected chi connectivity index (χ4v) is 6.14. The number of likely N-dealkylation sites (tertiary alicyclic amines) is 1. The lowest BCUT2D eigenvalue weighted by atomic mass is 9.63. The van der Waals surface area contributed by atoms with E-state index in [2.05, 4.69) is 28.1 Å². The number of hydrogen-bond acceptors (Lipinski definition) is 3. The largest absolute Gasteiger partial charge is 0.294 e. The van der Waals surface area contributed by atoms with Gasteiger partial charge in [0.1, 0.15) is 6.67 Å². The summed E-state index contributed by atoms with van der Waals surface area (Å²) >= 11 is 3.52. The highest BCUT2D eigenvalue weighted by Gasteiger charge is 2.67. The van der Waals surface area contributed by atoms with Crippen molar-refractivity contribution in [3.63, 3.8) is 0 Å². The number of rotatable bonds is 3. The third-order valence-electron chi connectivity index (χ3n) is 7.40. The van der Waals surface area contributed by atoms with Crippen LogP contribution in [0.1, 0.15) is 24.5 Å². The lowest BCUT2D eigenvalue weighted by molar-refractivity contribution is -0.140. The van der Waals surface area contributed by atoms with Gasteiger partial charge >= 0.3 is 0 Å². The molecule has 0 radical (unpaired) electrons. The average molecular weight is 443 g/mol. The Morgan fingerprint density at radius 1 is 1.07 bits per heavy atom. The molecule has 6 rings (SSSR count). The molecule has 2 bridgehead atoms. The van der Waals surface area contributed by atoms with Gasteiger partial charge in [-0.15, -0.1) is 0 Å². The number of carbonyl (C=O) groups is 3. The highest BCUT2D eigenvalue weighted by Crippen LogP contribution is 2.65. The molecule has 0 aromatic heterocycles. The van der Waals surface area contributed by atoms with E-state index in [0.29, 0.717) is 11.8 Å². The van der Waals surface area contributed by atoms with Crippen molar-refractivity contribution in [1.29, 1.82) is 0 Å². The summed E-state index contributed by atoms with van der Waals surface area (Å²) < 4.78 is 0.971. The smallest absolute Gasteiger partial charge is 0.235 e. The highest BCUT2D eigenvalue weighted by molar-refractivity contribution is 9.10. The molecular weight excluding hydrogens is 420 g/mol. The summed E-state index contributed by atoms with van der Waals surface area (Å²) in [6.45, 7) is 5.42. The standard InChI is InChI=1S/C22H23BrN2O3/c1-10-11(2)18(7-6-17(10)23)24(12(3)26)9-25-21(27)19-13-4-5-14(16-8-15(13)16)20(19)22(25)28/h4-7,13-16,19-20H,8-9H2,1-3H3. The minimum atomic E-state index is -0.229. The maximum absolute atomic E-state index is 13.2. The van der Waals surface area contributed by atoms with E-state index in [1.54, 1.807) is 4.90 Å². The maximum atomic E-state index is 13.2. The molecule has 2 saturated carbocycles. The Hall–Kier alpha value is -1.95. The van der Waals surface area contributed by atoms with Crippen molar-refractivity contribution in [3.05, 3.63) is 39.9 Å². The van der Waals surface area contributed by atoms with Crippen LogP contribution in [0.25, 0.3) is 0 Å². The van der Waals surface area contributed by atoms with Crippen LogP contribution in [0.3, 0.4) is 0 Å². The maximum Gasteiger partial charge on any atom is 0.235 e. The summed E-state index contributed by atoms with van der Waals surface area (Å²) in [7, 11) is 0. The lowest BCUT2D eigenvalue weighted by Gasteiger charge is -2.37. The SMILES string of the molecule is CC(=O)N(CN1C(=O)C2C3C=CC(C4CC34)C2C1=O)c1ccc(Br)c(C)c1C. The van der Waals surface area contributed by atoms with Crippen molar-refractivity contribution in [2.45, 2.75) is 27.2 Å². The van der Waals surface area contributed by atoms with Gasteiger partial charge < -0.3 is 0 Å². The molecule has 1 saturated heterocycles. The molecule has 3 fully saturated rings. The molecule has 5 nitrogen and oxygen atoms in total. The second-order valence-electron chi connectivity index (χ2n) is 8.66. The lowest BCUT2D eigenvalue weighted by Crippen LogP contribution is -2.44. The summed E-state index contributed by atoms with van der Waals surface area (Å²) in [5, 5.41) is 0. The number of benzene rings is 1. The van der Waals surface area contributed by atoms with E-state index in [0.717, 1.165) is 27.7 Å². The minimum absolute atomic E-state index is 0.00329. The normalized spacial score (nSPS) is 34.5. The van der Waals surface area contributed by atoms with Gasteiger partial charge in [0, 0.05) is 17.1 Å².